The fourth-order valence-corrected chi connectivity index (χ4v) is 5.70. The Balaban J connectivity index is 1.83. The number of H-pyrrole nitrogens is 1. The lowest BCUT2D eigenvalue weighted by atomic mass is 10.1. The summed E-state index contributed by atoms with van der Waals surface area (Å²) in [6.07, 6.45) is 1.55. The van der Waals surface area contributed by atoms with Crippen molar-refractivity contribution < 1.29 is 13.2 Å². The van der Waals surface area contributed by atoms with Gasteiger partial charge in [0.15, 0.2) is 10.1 Å². The van der Waals surface area contributed by atoms with Gasteiger partial charge in [0.25, 0.3) is 5.56 Å². The third kappa shape index (κ3) is 5.54. The Morgan fingerprint density at radius 1 is 1.03 bits per heavy atom. The van der Waals surface area contributed by atoms with Crippen LogP contribution < -0.4 is 10.9 Å². The molecular formula is C24H27N3O4S2. The van der Waals surface area contributed by atoms with E-state index in [-0.39, 0.29) is 16.0 Å². The minimum atomic E-state index is -4.03. The number of hydrogen-bond acceptors (Lipinski definition) is 6. The molecule has 3 rings (SSSR count). The number of nitrogens with zero attached hydrogens (tertiary/aromatic N) is 1. The Bertz CT molecular complexity index is 1360. The molecule has 3 aromatic rings. The smallest absolute Gasteiger partial charge is 0.270 e. The molecule has 0 fully saturated rings. The minimum absolute atomic E-state index is 0.0696. The van der Waals surface area contributed by atoms with E-state index in [1.807, 2.05) is 45.9 Å². The molecule has 2 N–H and O–H groups in total. The molecule has 7 nitrogen and oxygen atoms in total. The second kappa shape index (κ2) is 9.93. The van der Waals surface area contributed by atoms with E-state index in [1.54, 1.807) is 19.1 Å². The van der Waals surface area contributed by atoms with Gasteiger partial charge in [-0.3, -0.25) is 9.59 Å². The summed E-state index contributed by atoms with van der Waals surface area (Å²) >= 11 is 1.09. The summed E-state index contributed by atoms with van der Waals surface area (Å²) in [6, 6.07) is 10.7. The monoisotopic (exact) mass is 485 g/mol. The van der Waals surface area contributed by atoms with E-state index in [9.17, 15) is 18.0 Å². The zero-order valence-electron chi connectivity index (χ0n) is 19.2. The van der Waals surface area contributed by atoms with E-state index in [1.165, 1.54) is 6.07 Å². The van der Waals surface area contributed by atoms with Crippen molar-refractivity contribution in [2.75, 3.05) is 5.32 Å². The Hall–Kier alpha value is -2.91. The van der Waals surface area contributed by atoms with E-state index in [0.29, 0.717) is 12.0 Å². The molecule has 1 amide bonds. The molecule has 0 saturated carbocycles. The van der Waals surface area contributed by atoms with Crippen LogP contribution >= 0.6 is 11.8 Å². The summed E-state index contributed by atoms with van der Waals surface area (Å²) < 4.78 is 26.0. The zero-order valence-corrected chi connectivity index (χ0v) is 20.9. The number of thioether (sulfide) groups is 1. The molecule has 0 aliphatic carbocycles. The normalized spacial score (nSPS) is 12.4. The van der Waals surface area contributed by atoms with Gasteiger partial charge >= 0.3 is 0 Å². The molecule has 9 heteroatoms. The van der Waals surface area contributed by atoms with Crippen LogP contribution in [0.15, 0.2) is 62.3 Å². The first-order chi connectivity index (χ1) is 15.5. The van der Waals surface area contributed by atoms with Crippen LogP contribution in [0.3, 0.4) is 0 Å². The highest BCUT2D eigenvalue weighted by Crippen LogP contribution is 2.26. The van der Waals surface area contributed by atoms with Crippen molar-refractivity contribution in [3.63, 3.8) is 0 Å². The highest BCUT2D eigenvalue weighted by Gasteiger charge is 2.25. The fourth-order valence-electron chi connectivity index (χ4n) is 3.38. The largest absolute Gasteiger partial charge is 0.325 e. The van der Waals surface area contributed by atoms with Crippen LogP contribution in [0.25, 0.3) is 0 Å². The first-order valence-electron chi connectivity index (χ1n) is 10.5. The summed E-state index contributed by atoms with van der Waals surface area (Å²) in [5, 5.41) is 2.59. The van der Waals surface area contributed by atoms with Gasteiger partial charge < -0.3 is 10.3 Å². The van der Waals surface area contributed by atoms with E-state index in [0.717, 1.165) is 40.3 Å². The Morgan fingerprint density at radius 2 is 1.70 bits per heavy atom. The van der Waals surface area contributed by atoms with Crippen LogP contribution in [-0.2, 0) is 14.6 Å². The summed E-state index contributed by atoms with van der Waals surface area (Å²) in [4.78, 5) is 31.8. The topological polar surface area (TPSA) is 109 Å². The fraction of sp³-hybridized carbons (Fsp3) is 0.292. The summed E-state index contributed by atoms with van der Waals surface area (Å²) in [6.45, 7) is 9.27. The predicted octanol–water partition coefficient (Wildman–Crippen LogP) is 4.35. The van der Waals surface area contributed by atoms with Crippen molar-refractivity contribution in [1.82, 2.24) is 9.97 Å². The van der Waals surface area contributed by atoms with Gasteiger partial charge in [-0.25, -0.2) is 13.4 Å². The molecule has 1 heterocycles. The highest BCUT2D eigenvalue weighted by molar-refractivity contribution is 8.00. The third-order valence-corrected chi connectivity index (χ3v) is 8.39. The molecule has 0 aliphatic heterocycles. The Labute approximate surface area is 198 Å². The molecule has 0 bridgehead atoms. The zero-order chi connectivity index (χ0) is 24.3. The molecule has 0 spiro atoms. The van der Waals surface area contributed by atoms with E-state index in [2.05, 4.69) is 15.3 Å². The number of aromatic amines is 1. The van der Waals surface area contributed by atoms with Crippen molar-refractivity contribution in [1.29, 1.82) is 0 Å². The second-order valence-corrected chi connectivity index (χ2v) is 11.1. The first-order valence-corrected chi connectivity index (χ1v) is 12.9. The lowest BCUT2D eigenvalue weighted by Gasteiger charge is -2.16. The van der Waals surface area contributed by atoms with E-state index >= 15 is 0 Å². The summed E-state index contributed by atoms with van der Waals surface area (Å²) in [5.41, 5.74) is 3.43. The quantitative estimate of drug-likeness (QED) is 0.380. The molecule has 0 saturated heterocycles. The maximum Gasteiger partial charge on any atom is 0.270 e. The summed E-state index contributed by atoms with van der Waals surface area (Å²) in [7, 11) is -4.03. The molecule has 2 aromatic carbocycles. The number of hydrogen-bond donors (Lipinski definition) is 2. The number of benzene rings is 2. The van der Waals surface area contributed by atoms with Crippen LogP contribution in [0.2, 0.25) is 0 Å². The maximum atomic E-state index is 13.0. The lowest BCUT2D eigenvalue weighted by Crippen LogP contribution is -2.26. The average Bonchev–Trinajstić information content (AvgIpc) is 2.74. The van der Waals surface area contributed by atoms with E-state index in [4.69, 9.17) is 0 Å². The van der Waals surface area contributed by atoms with Crippen molar-refractivity contribution in [2.24, 2.45) is 0 Å². The highest BCUT2D eigenvalue weighted by atomic mass is 32.2. The van der Waals surface area contributed by atoms with Gasteiger partial charge in [-0.05, 0) is 62.9 Å². The summed E-state index contributed by atoms with van der Waals surface area (Å²) in [5.74, 6) is -0.217. The van der Waals surface area contributed by atoms with Crippen molar-refractivity contribution in [3.8, 4) is 0 Å². The molecule has 0 aliphatic rings. The lowest BCUT2D eigenvalue weighted by molar-refractivity contribution is -0.115. The number of anilines is 1. The standard InChI is InChI=1S/C24H27N3O4S2/c1-6-19(22(28)26-18-12-15(3)7-9-16(18)4)32-24-25-13-21(23(29)27-24)33(30,31)20-10-8-14(2)11-17(20)5/h7-13,19H,6H2,1-5H3,(H,26,28)(H,25,27,29)/t19-/m0/s1. The second-order valence-electron chi connectivity index (χ2n) is 7.98. The van der Waals surface area contributed by atoms with Crippen LogP contribution in [0.4, 0.5) is 5.69 Å². The molecule has 33 heavy (non-hydrogen) atoms. The molecule has 174 valence electrons. The molecule has 0 unspecified atom stereocenters. The van der Waals surface area contributed by atoms with Crippen molar-refractivity contribution in [3.05, 3.63) is 75.2 Å². The van der Waals surface area contributed by atoms with Crippen LogP contribution in [0.5, 0.6) is 0 Å². The van der Waals surface area contributed by atoms with Gasteiger partial charge in [-0.2, -0.15) is 0 Å². The van der Waals surface area contributed by atoms with Gasteiger partial charge in [0, 0.05) is 5.69 Å². The number of amides is 1. The number of aromatic nitrogens is 2. The average molecular weight is 486 g/mol. The van der Waals surface area contributed by atoms with Crippen molar-refractivity contribution >= 4 is 33.2 Å². The number of carbonyl (C=O) groups is 1. The predicted molar refractivity (Wildman–Crippen MR) is 131 cm³/mol. The van der Waals surface area contributed by atoms with Crippen LogP contribution in [0.1, 0.15) is 35.6 Å². The van der Waals surface area contributed by atoms with Gasteiger partial charge in [-0.1, -0.05) is 48.5 Å². The van der Waals surface area contributed by atoms with Gasteiger partial charge in [0.2, 0.25) is 15.7 Å². The van der Waals surface area contributed by atoms with Crippen LogP contribution in [-0.4, -0.2) is 29.5 Å². The van der Waals surface area contributed by atoms with Gasteiger partial charge in [0.05, 0.1) is 16.3 Å². The Kier molecular flexibility index (Phi) is 7.44. The third-order valence-electron chi connectivity index (χ3n) is 5.22. The molecule has 1 atom stereocenters. The SMILES string of the molecule is CC[C@H](Sc1ncc(S(=O)(=O)c2ccc(C)cc2C)c(=O)[nH]1)C(=O)Nc1cc(C)ccc1C. The minimum Gasteiger partial charge on any atom is -0.325 e. The molecule has 1 aromatic heterocycles. The number of carbonyl (C=O) groups excluding carboxylic acids is 1. The van der Waals surface area contributed by atoms with E-state index < -0.39 is 25.5 Å². The maximum absolute atomic E-state index is 13.0. The number of sulfone groups is 1. The van der Waals surface area contributed by atoms with Crippen molar-refractivity contribution in [2.45, 2.75) is 61.2 Å². The first kappa shape index (κ1) is 24.7. The number of aryl methyl sites for hydroxylation is 4. The van der Waals surface area contributed by atoms with Gasteiger partial charge in [-0.15, -0.1) is 0 Å². The number of nitrogens with one attached hydrogen (secondary N) is 2. The Morgan fingerprint density at radius 3 is 2.33 bits per heavy atom. The van der Waals surface area contributed by atoms with Gasteiger partial charge in [0.1, 0.15) is 0 Å². The molecular weight excluding hydrogens is 458 g/mol. The molecule has 0 radical (unpaired) electrons. The number of rotatable bonds is 7. The van der Waals surface area contributed by atoms with Crippen LogP contribution in [0, 0.1) is 27.7 Å².